The first-order valence-corrected chi connectivity index (χ1v) is 16.5. The number of aryl methyl sites for hydroxylation is 1. The molecular weight excluding hydrogens is 660 g/mol. The van der Waals surface area contributed by atoms with Gasteiger partial charge in [0, 0.05) is 0 Å². The summed E-state index contributed by atoms with van der Waals surface area (Å²) in [5.41, 5.74) is 3.59. The van der Waals surface area contributed by atoms with E-state index < -0.39 is 83.0 Å². The van der Waals surface area contributed by atoms with Crippen molar-refractivity contribution in [3.05, 3.63) is 35.2 Å². The number of phosphoric acid groups is 2. The maximum atomic E-state index is 13.3. The maximum Gasteiger partial charge on any atom is 0.472 e. The van der Waals surface area contributed by atoms with Crippen LogP contribution in [0.1, 0.15) is 25.2 Å². The van der Waals surface area contributed by atoms with Gasteiger partial charge in [0.1, 0.15) is 53.8 Å². The number of aliphatic hydroxyl groups excluding tert-OH is 2. The molecule has 7 N–H and O–H groups in total. The number of aromatic amines is 1. The van der Waals surface area contributed by atoms with Gasteiger partial charge in [-0.3, -0.25) is 32.0 Å². The monoisotopic (exact) mass is 687 g/mol. The van der Waals surface area contributed by atoms with E-state index in [1.807, 2.05) is 0 Å². The van der Waals surface area contributed by atoms with Crippen molar-refractivity contribution in [3.63, 3.8) is 0 Å². The van der Waals surface area contributed by atoms with Crippen LogP contribution in [0.5, 0.6) is 0 Å². The van der Waals surface area contributed by atoms with E-state index in [-0.39, 0.29) is 34.0 Å². The molecule has 4 aromatic heterocycles. The van der Waals surface area contributed by atoms with Crippen molar-refractivity contribution in [3.8, 4) is 0 Å². The molecule has 0 radical (unpaired) electrons. The second-order valence-corrected chi connectivity index (χ2v) is 13.8. The molecule has 10 unspecified atom stereocenters. The number of nitrogens with two attached hydrogens (primary N) is 1. The Bertz CT molecular complexity index is 1990. The first-order valence-electron chi connectivity index (χ1n) is 13.5. The van der Waals surface area contributed by atoms with E-state index in [4.69, 9.17) is 33.3 Å². The standard InChI is InChI=1S/C22H27N9O13P2/c1-8-28-18-11(19(34)29-8)27-7-31(18)21-14-12(32)9(41-21)3-39-45(35,36)44-15-13(33)20(42-22(15,2)4-40-46(37,38)43-14)30-6-26-10-16(23)24-5-25-17(10)30/h5-7,9,12-15,20-21,32-33H,3-4H2,1-2H3,(H,35,36)(H,37,38)(H2,23,24,25)(H,28,29,34). The molecule has 0 amide bonds. The van der Waals surface area contributed by atoms with Crippen LogP contribution < -0.4 is 11.3 Å². The van der Waals surface area contributed by atoms with Gasteiger partial charge in [0.05, 0.1) is 25.9 Å². The average Bonchev–Trinajstić information content (AvgIpc) is 3.73. The number of nitrogens with one attached hydrogen (secondary N) is 1. The number of H-pyrrole nitrogens is 1. The van der Waals surface area contributed by atoms with Gasteiger partial charge in [-0.25, -0.2) is 34.0 Å². The Hall–Kier alpha value is -3.24. The second kappa shape index (κ2) is 10.9. The molecule has 10 atom stereocenters. The van der Waals surface area contributed by atoms with Crippen molar-refractivity contribution >= 4 is 43.8 Å². The maximum absolute atomic E-state index is 13.3. The second-order valence-electron chi connectivity index (χ2n) is 11.0. The average molecular weight is 687 g/mol. The first kappa shape index (κ1) is 31.4. The number of phosphoric ester groups is 2. The SMILES string of the molecule is Cc1nc2c(ncn2C2OC3COP(=O)(O)OC4C(O)C(n5cnc6c(N)ncnc65)OC4(C)COP(=O)(O)OC2C3O)c(=O)[nH]1. The van der Waals surface area contributed by atoms with Crippen LogP contribution in [0.4, 0.5) is 5.82 Å². The largest absolute Gasteiger partial charge is 0.472 e. The highest BCUT2D eigenvalue weighted by Gasteiger charge is 2.58. The lowest BCUT2D eigenvalue weighted by molar-refractivity contribution is -0.117. The van der Waals surface area contributed by atoms with E-state index in [1.165, 1.54) is 29.3 Å². The molecular formula is C22H27N9O13P2. The Labute approximate surface area is 256 Å². The fourth-order valence-electron chi connectivity index (χ4n) is 5.64. The van der Waals surface area contributed by atoms with Crippen LogP contribution in [-0.2, 0) is 36.7 Å². The van der Waals surface area contributed by atoms with E-state index in [0.29, 0.717) is 0 Å². The van der Waals surface area contributed by atoms with Crippen LogP contribution in [0.15, 0.2) is 23.8 Å². The third-order valence-corrected chi connectivity index (χ3v) is 9.75. The molecule has 4 aromatic rings. The molecule has 0 aliphatic carbocycles. The molecule has 248 valence electrons. The number of imidazole rings is 2. The molecule has 22 nitrogen and oxygen atoms in total. The fraction of sp³-hybridized carbons (Fsp3) is 0.545. The summed E-state index contributed by atoms with van der Waals surface area (Å²) in [4.78, 5) is 56.8. The van der Waals surface area contributed by atoms with Gasteiger partial charge >= 0.3 is 15.6 Å². The van der Waals surface area contributed by atoms with Gasteiger partial charge in [-0.15, -0.1) is 0 Å². The molecule has 3 saturated heterocycles. The summed E-state index contributed by atoms with van der Waals surface area (Å²) < 4.78 is 62.1. The van der Waals surface area contributed by atoms with Crippen LogP contribution in [0.3, 0.4) is 0 Å². The normalized spacial score (nSPS) is 38.8. The quantitative estimate of drug-likeness (QED) is 0.134. The Morgan fingerprint density at radius 1 is 0.978 bits per heavy atom. The van der Waals surface area contributed by atoms with E-state index in [9.17, 15) is 33.9 Å². The van der Waals surface area contributed by atoms with Crippen LogP contribution in [-0.4, -0.2) is 108 Å². The summed E-state index contributed by atoms with van der Waals surface area (Å²) in [6, 6.07) is 0. The highest BCUT2D eigenvalue weighted by atomic mass is 31.2. The summed E-state index contributed by atoms with van der Waals surface area (Å²) in [6.45, 7) is 1.15. The molecule has 3 aliphatic heterocycles. The predicted molar refractivity (Wildman–Crippen MR) is 148 cm³/mol. The summed E-state index contributed by atoms with van der Waals surface area (Å²) in [5, 5.41) is 22.4. The van der Waals surface area contributed by atoms with E-state index >= 15 is 0 Å². The molecule has 0 spiro atoms. The number of rotatable bonds is 2. The minimum atomic E-state index is -5.13. The van der Waals surface area contributed by atoms with E-state index in [2.05, 4.69) is 29.9 Å². The van der Waals surface area contributed by atoms with Crippen molar-refractivity contribution in [2.75, 3.05) is 18.9 Å². The number of aromatic nitrogens is 8. The van der Waals surface area contributed by atoms with Crippen molar-refractivity contribution in [2.24, 2.45) is 0 Å². The lowest BCUT2D eigenvalue weighted by Crippen LogP contribution is -2.45. The first-order chi connectivity index (χ1) is 21.7. The Kier molecular flexibility index (Phi) is 7.44. The van der Waals surface area contributed by atoms with Gasteiger partial charge in [-0.05, 0) is 13.8 Å². The Morgan fingerprint density at radius 2 is 1.67 bits per heavy atom. The molecule has 2 bridgehead atoms. The third-order valence-electron chi connectivity index (χ3n) is 7.81. The molecule has 0 saturated carbocycles. The van der Waals surface area contributed by atoms with Crippen molar-refractivity contribution < 1.29 is 56.7 Å². The number of hydrogen-bond acceptors (Lipinski definition) is 17. The smallest absolute Gasteiger partial charge is 0.387 e. The number of anilines is 1. The van der Waals surface area contributed by atoms with Gasteiger partial charge < -0.3 is 40.2 Å². The number of ether oxygens (including phenoxy) is 2. The zero-order valence-corrected chi connectivity index (χ0v) is 25.5. The molecule has 3 aliphatic rings. The number of fused-ring (bicyclic) bond motifs is 5. The summed E-state index contributed by atoms with van der Waals surface area (Å²) in [7, 11) is -10.2. The molecule has 3 fully saturated rings. The van der Waals surface area contributed by atoms with Crippen molar-refractivity contribution in [1.82, 2.24) is 39.0 Å². The van der Waals surface area contributed by atoms with Gasteiger partial charge in [-0.2, -0.15) is 0 Å². The van der Waals surface area contributed by atoms with Crippen LogP contribution >= 0.6 is 15.6 Å². The molecule has 46 heavy (non-hydrogen) atoms. The van der Waals surface area contributed by atoms with E-state index in [1.54, 1.807) is 0 Å². The van der Waals surface area contributed by atoms with Crippen LogP contribution in [0.25, 0.3) is 22.3 Å². The minimum Gasteiger partial charge on any atom is -0.387 e. The number of nitrogens with zero attached hydrogens (tertiary/aromatic N) is 7. The fourth-order valence-corrected chi connectivity index (χ4v) is 7.69. The lowest BCUT2D eigenvalue weighted by atomic mass is 9.99. The Balaban J connectivity index is 1.23. The predicted octanol–water partition coefficient (Wildman–Crippen LogP) is -1.23. The summed E-state index contributed by atoms with van der Waals surface area (Å²) >= 11 is 0. The van der Waals surface area contributed by atoms with Gasteiger partial charge in [0.15, 0.2) is 35.1 Å². The Morgan fingerprint density at radius 3 is 2.43 bits per heavy atom. The number of aliphatic hydroxyl groups is 2. The topological polar surface area (TPSA) is 304 Å². The molecule has 24 heteroatoms. The zero-order valence-electron chi connectivity index (χ0n) is 23.8. The van der Waals surface area contributed by atoms with Gasteiger partial charge in [-0.1, -0.05) is 0 Å². The van der Waals surface area contributed by atoms with Crippen LogP contribution in [0.2, 0.25) is 0 Å². The molecule has 7 rings (SSSR count). The van der Waals surface area contributed by atoms with Crippen LogP contribution in [0, 0.1) is 6.92 Å². The van der Waals surface area contributed by atoms with Crippen molar-refractivity contribution in [2.45, 2.75) is 62.4 Å². The van der Waals surface area contributed by atoms with Gasteiger partial charge in [0.2, 0.25) is 0 Å². The summed E-state index contributed by atoms with van der Waals surface area (Å²) in [5.74, 6) is 0.251. The zero-order chi connectivity index (χ0) is 32.8. The highest BCUT2D eigenvalue weighted by Crippen LogP contribution is 2.55. The minimum absolute atomic E-state index is 0.00613. The number of hydrogen-bond donors (Lipinski definition) is 6. The van der Waals surface area contributed by atoms with E-state index in [0.717, 1.165) is 12.7 Å². The summed E-state index contributed by atoms with van der Waals surface area (Å²) in [6.07, 6.45) is -7.63. The van der Waals surface area contributed by atoms with Gasteiger partial charge in [0.25, 0.3) is 5.56 Å². The lowest BCUT2D eigenvalue weighted by Gasteiger charge is -2.32. The molecule has 0 aromatic carbocycles. The number of nitrogen functional groups attached to an aromatic ring is 1. The third kappa shape index (κ3) is 5.25. The molecule has 7 heterocycles. The highest BCUT2D eigenvalue weighted by molar-refractivity contribution is 7.47. The van der Waals surface area contributed by atoms with Crippen molar-refractivity contribution in [1.29, 1.82) is 0 Å².